The highest BCUT2D eigenvalue weighted by atomic mass is 32.2. The van der Waals surface area contributed by atoms with Crippen LogP contribution in [0.1, 0.15) is 11.7 Å². The molecule has 0 bridgehead atoms. The van der Waals surface area contributed by atoms with Crippen LogP contribution in [0.25, 0.3) is 11.1 Å². The monoisotopic (exact) mass is 290 g/mol. The number of aliphatic hydroxyl groups is 2. The van der Waals surface area contributed by atoms with Crippen molar-refractivity contribution >= 4 is 10.8 Å². The number of hydrogen-bond donors (Lipinski definition) is 2. The largest absolute Gasteiger partial charge is 0.395 e. The fourth-order valence-electron chi connectivity index (χ4n) is 1.99. The van der Waals surface area contributed by atoms with Crippen LogP contribution in [0.4, 0.5) is 0 Å². The van der Waals surface area contributed by atoms with E-state index in [1.807, 2.05) is 54.6 Å². The molecule has 0 radical (unpaired) electrons. The molecule has 0 aliphatic rings. The summed E-state index contributed by atoms with van der Waals surface area (Å²) in [6, 6.07) is 17.6. The Kier molecular flexibility index (Phi) is 5.47. The second kappa shape index (κ2) is 7.33. The Morgan fingerprint density at radius 3 is 2.15 bits per heavy atom. The van der Waals surface area contributed by atoms with Crippen molar-refractivity contribution in [2.75, 3.05) is 18.1 Å². The molecule has 3 nitrogen and oxygen atoms in total. The van der Waals surface area contributed by atoms with Crippen molar-refractivity contribution in [3.63, 3.8) is 0 Å². The van der Waals surface area contributed by atoms with Gasteiger partial charge in [0.15, 0.2) is 0 Å². The van der Waals surface area contributed by atoms with E-state index < -0.39 is 16.9 Å². The van der Waals surface area contributed by atoms with E-state index in [9.17, 15) is 9.32 Å². The highest BCUT2D eigenvalue weighted by Gasteiger charge is 2.11. The lowest BCUT2D eigenvalue weighted by atomic mass is 10.0. The molecular weight excluding hydrogens is 272 g/mol. The van der Waals surface area contributed by atoms with Crippen LogP contribution >= 0.6 is 0 Å². The number of rotatable bonds is 6. The van der Waals surface area contributed by atoms with Gasteiger partial charge in [-0.15, -0.1) is 0 Å². The second-order valence-corrected chi connectivity index (χ2v) is 6.16. The molecule has 0 saturated heterocycles. The minimum atomic E-state index is -1.19. The zero-order valence-electron chi connectivity index (χ0n) is 11.1. The smallest absolute Gasteiger partial charge is 0.0905 e. The molecule has 2 rings (SSSR count). The Bertz CT molecular complexity index is 552. The van der Waals surface area contributed by atoms with Gasteiger partial charge in [0, 0.05) is 16.6 Å². The van der Waals surface area contributed by atoms with Gasteiger partial charge in [0.2, 0.25) is 0 Å². The quantitative estimate of drug-likeness (QED) is 0.857. The molecule has 2 N–H and O–H groups in total. The van der Waals surface area contributed by atoms with Crippen LogP contribution in [0.2, 0.25) is 0 Å². The summed E-state index contributed by atoms with van der Waals surface area (Å²) >= 11 is 0. The molecule has 106 valence electrons. The van der Waals surface area contributed by atoms with E-state index in [1.165, 1.54) is 0 Å². The van der Waals surface area contributed by atoms with Crippen molar-refractivity contribution in [2.24, 2.45) is 0 Å². The first-order valence-corrected chi connectivity index (χ1v) is 7.99. The van der Waals surface area contributed by atoms with Crippen molar-refractivity contribution in [3.8, 4) is 11.1 Å². The second-order valence-electron chi connectivity index (χ2n) is 4.54. The van der Waals surface area contributed by atoms with Gasteiger partial charge in [-0.3, -0.25) is 4.21 Å². The molecule has 0 spiro atoms. The molecule has 20 heavy (non-hydrogen) atoms. The van der Waals surface area contributed by atoms with Gasteiger partial charge in [-0.1, -0.05) is 54.6 Å². The number of aliphatic hydroxyl groups excluding tert-OH is 2. The lowest BCUT2D eigenvalue weighted by Gasteiger charge is -2.11. The third kappa shape index (κ3) is 4.00. The van der Waals surface area contributed by atoms with E-state index in [0.29, 0.717) is 0 Å². The van der Waals surface area contributed by atoms with Crippen LogP contribution < -0.4 is 0 Å². The zero-order valence-corrected chi connectivity index (χ0v) is 11.9. The molecule has 0 saturated carbocycles. The summed E-state index contributed by atoms with van der Waals surface area (Å²) in [5, 5.41) is 18.7. The maximum atomic E-state index is 11.5. The molecule has 4 heteroatoms. The van der Waals surface area contributed by atoms with Gasteiger partial charge in [-0.05, 0) is 16.7 Å². The summed E-state index contributed by atoms with van der Waals surface area (Å²) in [4.78, 5) is 0. The van der Waals surface area contributed by atoms with Crippen molar-refractivity contribution in [2.45, 2.75) is 6.10 Å². The van der Waals surface area contributed by atoms with Crippen LogP contribution in [0.5, 0.6) is 0 Å². The summed E-state index contributed by atoms with van der Waals surface area (Å²) in [5.74, 6) is 0.365. The van der Waals surface area contributed by atoms with Gasteiger partial charge in [0.05, 0.1) is 18.5 Å². The standard InChI is InChI=1S/C16H18O3S/c17-10-11-20(19)12-16(18)15-8-6-14(7-9-15)13-4-2-1-3-5-13/h1-9,16-18H,10-12H2. The molecule has 2 atom stereocenters. The van der Waals surface area contributed by atoms with Gasteiger partial charge in [0.1, 0.15) is 0 Å². The Hall–Kier alpha value is -1.49. The maximum absolute atomic E-state index is 11.5. The first-order chi connectivity index (χ1) is 9.70. The van der Waals surface area contributed by atoms with E-state index in [-0.39, 0.29) is 18.1 Å². The fourth-order valence-corrected chi connectivity index (χ4v) is 2.90. The van der Waals surface area contributed by atoms with Crippen LogP contribution in [0.3, 0.4) is 0 Å². The molecule has 2 aromatic carbocycles. The van der Waals surface area contributed by atoms with Gasteiger partial charge in [0.25, 0.3) is 0 Å². The molecule has 0 aliphatic carbocycles. The lowest BCUT2D eigenvalue weighted by Crippen LogP contribution is -2.13. The van der Waals surface area contributed by atoms with Gasteiger partial charge in [-0.2, -0.15) is 0 Å². The molecule has 0 amide bonds. The van der Waals surface area contributed by atoms with Crippen molar-refractivity contribution in [1.82, 2.24) is 0 Å². The maximum Gasteiger partial charge on any atom is 0.0905 e. The lowest BCUT2D eigenvalue weighted by molar-refractivity contribution is 0.203. The molecule has 2 unspecified atom stereocenters. The van der Waals surface area contributed by atoms with Gasteiger partial charge >= 0.3 is 0 Å². The van der Waals surface area contributed by atoms with Crippen LogP contribution in [0.15, 0.2) is 54.6 Å². The van der Waals surface area contributed by atoms with Crippen LogP contribution in [0, 0.1) is 0 Å². The minimum Gasteiger partial charge on any atom is -0.395 e. The first kappa shape index (κ1) is 14.9. The summed E-state index contributed by atoms with van der Waals surface area (Å²) in [6.45, 7) is -0.119. The molecule has 0 fully saturated rings. The molecule has 0 heterocycles. The molecular formula is C16H18O3S. The summed E-state index contributed by atoms with van der Waals surface area (Å²) in [6.07, 6.45) is -0.757. The predicted molar refractivity (Wildman–Crippen MR) is 81.8 cm³/mol. The third-order valence-corrected chi connectivity index (χ3v) is 4.39. The SMILES string of the molecule is O=S(CCO)CC(O)c1ccc(-c2ccccc2)cc1. The van der Waals surface area contributed by atoms with E-state index in [4.69, 9.17) is 5.11 Å². The fraction of sp³-hybridized carbons (Fsp3) is 0.250. The minimum absolute atomic E-state index is 0.119. The summed E-state index contributed by atoms with van der Waals surface area (Å²) < 4.78 is 11.5. The normalized spacial score (nSPS) is 13.9. The van der Waals surface area contributed by atoms with E-state index in [1.54, 1.807) is 0 Å². The molecule has 2 aromatic rings. The highest BCUT2D eigenvalue weighted by molar-refractivity contribution is 7.85. The third-order valence-electron chi connectivity index (χ3n) is 3.07. The summed E-state index contributed by atoms with van der Waals surface area (Å²) in [5.41, 5.74) is 2.95. The molecule has 0 aliphatic heterocycles. The number of benzene rings is 2. The number of hydrogen-bond acceptors (Lipinski definition) is 3. The Morgan fingerprint density at radius 2 is 1.55 bits per heavy atom. The topological polar surface area (TPSA) is 57.5 Å². The Balaban J connectivity index is 2.06. The molecule has 0 aromatic heterocycles. The average Bonchev–Trinajstić information content (AvgIpc) is 2.48. The van der Waals surface area contributed by atoms with E-state index in [0.717, 1.165) is 16.7 Å². The first-order valence-electron chi connectivity index (χ1n) is 6.50. The van der Waals surface area contributed by atoms with E-state index >= 15 is 0 Å². The van der Waals surface area contributed by atoms with Gasteiger partial charge in [-0.25, -0.2) is 0 Å². The average molecular weight is 290 g/mol. The highest BCUT2D eigenvalue weighted by Crippen LogP contribution is 2.22. The Labute approximate surface area is 121 Å². The van der Waals surface area contributed by atoms with Crippen LogP contribution in [-0.4, -0.2) is 32.5 Å². The van der Waals surface area contributed by atoms with Crippen molar-refractivity contribution < 1.29 is 14.4 Å². The Morgan fingerprint density at radius 1 is 0.950 bits per heavy atom. The van der Waals surface area contributed by atoms with Gasteiger partial charge < -0.3 is 10.2 Å². The van der Waals surface area contributed by atoms with Crippen LogP contribution in [-0.2, 0) is 10.8 Å². The van der Waals surface area contributed by atoms with Crippen molar-refractivity contribution in [1.29, 1.82) is 0 Å². The zero-order chi connectivity index (χ0) is 14.4. The predicted octanol–water partition coefficient (Wildman–Crippen LogP) is 2.13. The summed E-state index contributed by atoms with van der Waals surface area (Å²) in [7, 11) is -1.19. The van der Waals surface area contributed by atoms with Crippen molar-refractivity contribution in [3.05, 3.63) is 60.2 Å². The van der Waals surface area contributed by atoms with E-state index in [2.05, 4.69) is 0 Å².